The highest BCUT2D eigenvalue weighted by molar-refractivity contribution is 5.96. The van der Waals surface area contributed by atoms with Gasteiger partial charge >= 0.3 is 5.97 Å². The first kappa shape index (κ1) is 15.8. The molecule has 20 heavy (non-hydrogen) atoms. The molecule has 0 aliphatic heterocycles. The van der Waals surface area contributed by atoms with Gasteiger partial charge in [-0.3, -0.25) is 4.79 Å². The summed E-state index contributed by atoms with van der Waals surface area (Å²) in [6.07, 6.45) is 2.72. The number of carboxylic acid groups (broad SMARTS) is 1. The molecule has 1 amide bonds. The van der Waals surface area contributed by atoms with E-state index in [4.69, 9.17) is 9.84 Å². The zero-order valence-electron chi connectivity index (χ0n) is 11.5. The maximum atomic E-state index is 11.9. The fourth-order valence-electron chi connectivity index (χ4n) is 1.65. The molecule has 0 heterocycles. The van der Waals surface area contributed by atoms with Crippen LogP contribution in [0.3, 0.4) is 0 Å². The summed E-state index contributed by atoms with van der Waals surface area (Å²) in [6, 6.07) is 5.66. The van der Waals surface area contributed by atoms with E-state index in [9.17, 15) is 9.59 Å². The van der Waals surface area contributed by atoms with E-state index in [0.717, 1.165) is 0 Å². The van der Waals surface area contributed by atoms with Gasteiger partial charge in [0.2, 0.25) is 0 Å². The lowest BCUT2D eigenvalue weighted by atomic mass is 10.1. The molecule has 5 heteroatoms. The van der Waals surface area contributed by atoms with Crippen LogP contribution in [0, 0.1) is 0 Å². The molecule has 0 spiro atoms. The summed E-state index contributed by atoms with van der Waals surface area (Å²) in [4.78, 5) is 22.9. The molecular weight excluding hydrogens is 258 g/mol. The number of carboxylic acids is 1. The van der Waals surface area contributed by atoms with Gasteiger partial charge in [0.1, 0.15) is 18.4 Å². The Kier molecular flexibility index (Phi) is 6.29. The number of rotatable bonds is 8. The van der Waals surface area contributed by atoms with Gasteiger partial charge in [-0.05, 0) is 30.7 Å². The third-order valence-electron chi connectivity index (χ3n) is 2.67. The average molecular weight is 277 g/mol. The van der Waals surface area contributed by atoms with E-state index in [1.54, 1.807) is 30.3 Å². The van der Waals surface area contributed by atoms with E-state index in [1.165, 1.54) is 0 Å². The van der Waals surface area contributed by atoms with Crippen LogP contribution in [0.5, 0.6) is 5.75 Å². The lowest BCUT2D eigenvalue weighted by molar-refractivity contribution is -0.139. The van der Waals surface area contributed by atoms with Crippen molar-refractivity contribution in [2.45, 2.75) is 25.8 Å². The molecule has 5 nitrogen and oxygen atoms in total. The maximum Gasteiger partial charge on any atom is 0.326 e. The van der Waals surface area contributed by atoms with Crippen molar-refractivity contribution < 1.29 is 19.4 Å². The predicted molar refractivity (Wildman–Crippen MR) is 75.9 cm³/mol. The Morgan fingerprint density at radius 2 is 2.05 bits per heavy atom. The van der Waals surface area contributed by atoms with Crippen LogP contribution in [0.15, 0.2) is 36.9 Å². The zero-order chi connectivity index (χ0) is 15.0. The van der Waals surface area contributed by atoms with Crippen molar-refractivity contribution in [3.05, 3.63) is 42.5 Å². The van der Waals surface area contributed by atoms with E-state index in [2.05, 4.69) is 11.9 Å². The second-order valence-electron chi connectivity index (χ2n) is 4.28. The van der Waals surface area contributed by atoms with Crippen molar-refractivity contribution in [3.8, 4) is 5.75 Å². The van der Waals surface area contributed by atoms with Crippen molar-refractivity contribution in [3.63, 3.8) is 0 Å². The van der Waals surface area contributed by atoms with Crippen molar-refractivity contribution in [1.82, 2.24) is 5.32 Å². The molecule has 0 aliphatic rings. The molecule has 0 unspecified atom stereocenters. The number of nitrogens with one attached hydrogen (secondary N) is 1. The number of carbonyl (C=O) groups is 2. The van der Waals surface area contributed by atoms with Crippen molar-refractivity contribution in [2.75, 3.05) is 6.61 Å². The van der Waals surface area contributed by atoms with Crippen LogP contribution in [0.2, 0.25) is 0 Å². The second kappa shape index (κ2) is 7.99. The Bertz CT molecular complexity index is 467. The number of hydrogen-bond acceptors (Lipinski definition) is 3. The van der Waals surface area contributed by atoms with Gasteiger partial charge in [-0.2, -0.15) is 0 Å². The monoisotopic (exact) mass is 277 g/mol. The quantitative estimate of drug-likeness (QED) is 0.714. The molecule has 1 rings (SSSR count). The van der Waals surface area contributed by atoms with Gasteiger partial charge in [0, 0.05) is 5.56 Å². The molecule has 0 saturated carbocycles. The van der Waals surface area contributed by atoms with Gasteiger partial charge in [-0.15, -0.1) is 0 Å². The number of aliphatic carboxylic acids is 1. The van der Waals surface area contributed by atoms with Gasteiger partial charge in [-0.1, -0.05) is 26.0 Å². The fourth-order valence-corrected chi connectivity index (χ4v) is 1.65. The van der Waals surface area contributed by atoms with Crippen LogP contribution in [0.4, 0.5) is 0 Å². The van der Waals surface area contributed by atoms with Crippen molar-refractivity contribution >= 4 is 11.9 Å². The molecule has 1 aromatic rings. The minimum absolute atomic E-state index is 0.392. The van der Waals surface area contributed by atoms with Gasteiger partial charge in [0.25, 0.3) is 5.91 Å². The molecule has 0 saturated heterocycles. The first-order valence-corrected chi connectivity index (χ1v) is 6.46. The van der Waals surface area contributed by atoms with E-state index >= 15 is 0 Å². The fraction of sp³-hybridized carbons (Fsp3) is 0.333. The lowest BCUT2D eigenvalue weighted by Gasteiger charge is -2.13. The van der Waals surface area contributed by atoms with Gasteiger partial charge < -0.3 is 15.2 Å². The molecule has 0 radical (unpaired) electrons. The van der Waals surface area contributed by atoms with E-state index in [-0.39, 0.29) is 0 Å². The SMILES string of the molecule is C=CCOc1ccc(C(=O)N[C@H](CCC)C(=O)O)cc1. The normalized spacial score (nSPS) is 11.4. The zero-order valence-corrected chi connectivity index (χ0v) is 11.5. The molecule has 0 bridgehead atoms. The summed E-state index contributed by atoms with van der Waals surface area (Å²) >= 11 is 0. The van der Waals surface area contributed by atoms with Crippen LogP contribution >= 0.6 is 0 Å². The number of amides is 1. The summed E-state index contributed by atoms with van der Waals surface area (Å²) in [5, 5.41) is 11.5. The number of benzene rings is 1. The van der Waals surface area contributed by atoms with Crippen LogP contribution < -0.4 is 10.1 Å². The Morgan fingerprint density at radius 3 is 2.55 bits per heavy atom. The number of carbonyl (C=O) groups excluding carboxylic acids is 1. The van der Waals surface area contributed by atoms with E-state index < -0.39 is 17.9 Å². The molecule has 1 aromatic carbocycles. The van der Waals surface area contributed by atoms with Crippen LogP contribution in [-0.4, -0.2) is 29.6 Å². The third-order valence-corrected chi connectivity index (χ3v) is 2.67. The Hall–Kier alpha value is -2.30. The van der Waals surface area contributed by atoms with Crippen molar-refractivity contribution in [2.24, 2.45) is 0 Å². The topological polar surface area (TPSA) is 75.6 Å². The Labute approximate surface area is 118 Å². The molecule has 0 aliphatic carbocycles. The molecular formula is C15H19NO4. The van der Waals surface area contributed by atoms with Crippen LogP contribution in [0.1, 0.15) is 30.1 Å². The van der Waals surface area contributed by atoms with Gasteiger partial charge in [0.15, 0.2) is 0 Å². The summed E-state index contributed by atoms with van der Waals surface area (Å²) < 4.78 is 5.30. The number of ether oxygens (including phenoxy) is 1. The Balaban J connectivity index is 2.66. The third kappa shape index (κ3) is 4.76. The highest BCUT2D eigenvalue weighted by Crippen LogP contribution is 2.12. The highest BCUT2D eigenvalue weighted by atomic mass is 16.5. The minimum Gasteiger partial charge on any atom is -0.490 e. The lowest BCUT2D eigenvalue weighted by Crippen LogP contribution is -2.40. The van der Waals surface area contributed by atoms with Crippen LogP contribution in [0.25, 0.3) is 0 Å². The minimum atomic E-state index is -1.02. The highest BCUT2D eigenvalue weighted by Gasteiger charge is 2.19. The standard InChI is InChI=1S/C15H19NO4/c1-3-5-13(15(18)19)16-14(17)11-6-8-12(9-7-11)20-10-4-2/h4,6-9,13H,2-3,5,10H2,1H3,(H,16,17)(H,18,19)/t13-/m1/s1. The van der Waals surface area contributed by atoms with Crippen molar-refractivity contribution in [1.29, 1.82) is 0 Å². The number of hydrogen-bond donors (Lipinski definition) is 2. The summed E-state index contributed by atoms with van der Waals surface area (Å²) in [7, 11) is 0. The molecule has 0 aromatic heterocycles. The van der Waals surface area contributed by atoms with Gasteiger partial charge in [0.05, 0.1) is 0 Å². The Morgan fingerprint density at radius 1 is 1.40 bits per heavy atom. The molecule has 1 atom stereocenters. The largest absolute Gasteiger partial charge is 0.490 e. The summed E-state index contributed by atoms with van der Waals surface area (Å²) in [5.74, 6) is -0.794. The smallest absolute Gasteiger partial charge is 0.326 e. The summed E-state index contributed by atoms with van der Waals surface area (Å²) in [6.45, 7) is 5.80. The molecule has 0 fully saturated rings. The predicted octanol–water partition coefficient (Wildman–Crippen LogP) is 2.23. The summed E-state index contributed by atoms with van der Waals surface area (Å²) in [5.41, 5.74) is 0.401. The van der Waals surface area contributed by atoms with Gasteiger partial charge in [-0.25, -0.2) is 4.79 Å². The first-order chi connectivity index (χ1) is 9.58. The molecule has 108 valence electrons. The first-order valence-electron chi connectivity index (χ1n) is 6.46. The van der Waals surface area contributed by atoms with Crippen LogP contribution in [-0.2, 0) is 4.79 Å². The molecule has 2 N–H and O–H groups in total. The second-order valence-corrected chi connectivity index (χ2v) is 4.28. The van der Waals surface area contributed by atoms with E-state index in [1.807, 2.05) is 6.92 Å². The average Bonchev–Trinajstić information content (AvgIpc) is 2.45. The maximum absolute atomic E-state index is 11.9. The van der Waals surface area contributed by atoms with E-state index in [0.29, 0.717) is 30.8 Å².